The monoisotopic (exact) mass is 339 g/mol. The zero-order valence-corrected chi connectivity index (χ0v) is 13.4. The number of thiazole rings is 1. The molecule has 1 heterocycles. The third-order valence-electron chi connectivity index (χ3n) is 2.98. The van der Waals surface area contributed by atoms with Crippen molar-refractivity contribution in [2.75, 3.05) is 13.1 Å². The predicted octanol–water partition coefficient (Wildman–Crippen LogP) is 2.20. The predicted molar refractivity (Wildman–Crippen MR) is 82.6 cm³/mol. The number of amides is 2. The summed E-state index contributed by atoms with van der Waals surface area (Å²) in [4.78, 5) is 28.4. The average Bonchev–Trinajstić information content (AvgIpc) is 2.82. The van der Waals surface area contributed by atoms with Gasteiger partial charge in [0.05, 0.1) is 16.3 Å². The summed E-state index contributed by atoms with van der Waals surface area (Å²) in [5.74, 6) is -2.61. The van der Waals surface area contributed by atoms with Gasteiger partial charge in [-0.1, -0.05) is 0 Å². The Kier molecular flexibility index (Phi) is 5.38. The van der Waals surface area contributed by atoms with E-state index in [-0.39, 0.29) is 24.6 Å². The summed E-state index contributed by atoms with van der Waals surface area (Å²) < 4.78 is 26.2. The van der Waals surface area contributed by atoms with E-state index in [1.807, 2.05) is 6.92 Å². The third kappa shape index (κ3) is 4.32. The molecule has 0 saturated carbocycles. The highest BCUT2D eigenvalue weighted by Crippen LogP contribution is 2.16. The van der Waals surface area contributed by atoms with E-state index in [1.54, 1.807) is 6.92 Å². The highest BCUT2D eigenvalue weighted by atomic mass is 32.1. The van der Waals surface area contributed by atoms with Gasteiger partial charge >= 0.3 is 0 Å². The van der Waals surface area contributed by atoms with Crippen LogP contribution in [0.1, 0.15) is 30.7 Å². The molecule has 0 saturated heterocycles. The van der Waals surface area contributed by atoms with Gasteiger partial charge in [0, 0.05) is 19.2 Å². The molecule has 1 aromatic carbocycles. The summed E-state index contributed by atoms with van der Waals surface area (Å²) in [7, 11) is 0. The van der Waals surface area contributed by atoms with Crippen LogP contribution in [0, 0.1) is 25.5 Å². The quantitative estimate of drug-likeness (QED) is 0.821. The number of halogens is 2. The number of aryl methyl sites for hydroxylation is 2. The van der Waals surface area contributed by atoms with E-state index in [0.29, 0.717) is 16.6 Å². The number of hydrogen-bond acceptors (Lipinski definition) is 4. The molecule has 0 aliphatic heterocycles. The summed E-state index contributed by atoms with van der Waals surface area (Å²) in [5.41, 5.74) is 0.411. The Morgan fingerprint density at radius 2 is 1.78 bits per heavy atom. The Morgan fingerprint density at radius 3 is 2.35 bits per heavy atom. The molecule has 23 heavy (non-hydrogen) atoms. The normalized spacial score (nSPS) is 10.4. The second-order valence-electron chi connectivity index (χ2n) is 4.78. The fourth-order valence-corrected chi connectivity index (χ4v) is 2.78. The first-order valence-electron chi connectivity index (χ1n) is 6.84. The number of carbonyl (C=O) groups is 2. The molecule has 0 atom stereocenters. The Bertz CT molecular complexity index is 746. The molecule has 0 aliphatic rings. The van der Waals surface area contributed by atoms with Gasteiger partial charge in [0.2, 0.25) is 0 Å². The van der Waals surface area contributed by atoms with Gasteiger partial charge in [0.15, 0.2) is 0 Å². The van der Waals surface area contributed by atoms with Crippen molar-refractivity contribution in [1.29, 1.82) is 0 Å². The Morgan fingerprint density at radius 1 is 1.13 bits per heavy atom. The van der Waals surface area contributed by atoms with Gasteiger partial charge in [-0.05, 0) is 26.0 Å². The minimum atomic E-state index is -0.928. The summed E-state index contributed by atoms with van der Waals surface area (Å²) >= 11 is 1.29. The summed E-state index contributed by atoms with van der Waals surface area (Å²) in [5, 5.41) is 5.90. The van der Waals surface area contributed by atoms with E-state index in [9.17, 15) is 18.4 Å². The summed E-state index contributed by atoms with van der Waals surface area (Å²) in [6, 6.07) is 2.72. The van der Waals surface area contributed by atoms with Crippen molar-refractivity contribution in [3.8, 4) is 0 Å². The summed E-state index contributed by atoms with van der Waals surface area (Å²) in [6.45, 7) is 3.87. The number of aromatic nitrogens is 1. The molecular weight excluding hydrogens is 324 g/mol. The smallest absolute Gasteiger partial charge is 0.263 e. The molecule has 0 fully saturated rings. The molecule has 2 aromatic rings. The molecule has 0 radical (unpaired) electrons. The number of hydrogen-bond donors (Lipinski definition) is 2. The maximum Gasteiger partial charge on any atom is 0.263 e. The molecule has 5 nitrogen and oxygen atoms in total. The van der Waals surface area contributed by atoms with Gasteiger partial charge in [-0.2, -0.15) is 0 Å². The van der Waals surface area contributed by atoms with Crippen LogP contribution in [-0.2, 0) is 0 Å². The minimum Gasteiger partial charge on any atom is -0.350 e. The zero-order chi connectivity index (χ0) is 17.0. The van der Waals surface area contributed by atoms with Gasteiger partial charge in [-0.3, -0.25) is 9.59 Å². The first kappa shape index (κ1) is 17.0. The maximum atomic E-state index is 13.4. The molecule has 0 unspecified atom stereocenters. The Labute approximate surface area is 135 Å². The average molecular weight is 339 g/mol. The minimum absolute atomic E-state index is 0.123. The van der Waals surface area contributed by atoms with Crippen molar-refractivity contribution >= 4 is 23.2 Å². The second-order valence-corrected chi connectivity index (χ2v) is 5.99. The van der Waals surface area contributed by atoms with Crippen molar-refractivity contribution in [3.63, 3.8) is 0 Å². The molecule has 8 heteroatoms. The molecule has 0 bridgehead atoms. The van der Waals surface area contributed by atoms with E-state index in [0.717, 1.165) is 17.1 Å². The van der Waals surface area contributed by atoms with Crippen LogP contribution in [0.5, 0.6) is 0 Å². The van der Waals surface area contributed by atoms with Crippen LogP contribution in [0.4, 0.5) is 8.78 Å². The van der Waals surface area contributed by atoms with Gasteiger partial charge < -0.3 is 10.6 Å². The molecule has 2 rings (SSSR count). The van der Waals surface area contributed by atoms with E-state index in [4.69, 9.17) is 0 Å². The molecule has 2 N–H and O–H groups in total. The zero-order valence-electron chi connectivity index (χ0n) is 12.6. The van der Waals surface area contributed by atoms with Crippen molar-refractivity contribution in [2.45, 2.75) is 13.8 Å². The van der Waals surface area contributed by atoms with E-state index in [1.165, 1.54) is 11.3 Å². The number of nitrogens with zero attached hydrogens (tertiary/aromatic N) is 1. The van der Waals surface area contributed by atoms with Crippen LogP contribution in [0.2, 0.25) is 0 Å². The van der Waals surface area contributed by atoms with Gasteiger partial charge in [-0.15, -0.1) is 11.3 Å². The Hall–Kier alpha value is -2.35. The van der Waals surface area contributed by atoms with Gasteiger partial charge in [0.1, 0.15) is 16.5 Å². The Balaban J connectivity index is 1.82. The van der Waals surface area contributed by atoms with Crippen LogP contribution in [-0.4, -0.2) is 29.9 Å². The van der Waals surface area contributed by atoms with Crippen LogP contribution >= 0.6 is 11.3 Å². The van der Waals surface area contributed by atoms with Crippen molar-refractivity contribution in [1.82, 2.24) is 15.6 Å². The lowest BCUT2D eigenvalue weighted by molar-refractivity contribution is 0.0926. The molecule has 122 valence electrons. The molecular formula is C15H15F2N3O2S. The standard InChI is InChI=1S/C15H15F2N3O2S/c1-8-13(23-9(2)20-8)15(22)19-6-5-18-14(21)11-4-3-10(16)7-12(11)17/h3-4,7H,5-6H2,1-2H3,(H,18,21)(H,19,22). The number of carbonyl (C=O) groups excluding carboxylic acids is 2. The van der Waals surface area contributed by atoms with Crippen molar-refractivity contribution in [2.24, 2.45) is 0 Å². The number of benzene rings is 1. The lowest BCUT2D eigenvalue weighted by Gasteiger charge is -2.07. The fraction of sp³-hybridized carbons (Fsp3) is 0.267. The van der Waals surface area contributed by atoms with Gasteiger partial charge in [0.25, 0.3) is 11.8 Å². The third-order valence-corrected chi connectivity index (χ3v) is 4.05. The topological polar surface area (TPSA) is 71.1 Å². The number of nitrogens with one attached hydrogen (secondary N) is 2. The fourth-order valence-electron chi connectivity index (χ4n) is 1.94. The summed E-state index contributed by atoms with van der Waals surface area (Å²) in [6.07, 6.45) is 0. The van der Waals surface area contributed by atoms with Crippen LogP contribution < -0.4 is 10.6 Å². The highest BCUT2D eigenvalue weighted by molar-refractivity contribution is 7.13. The van der Waals surface area contributed by atoms with Crippen LogP contribution in [0.15, 0.2) is 18.2 Å². The number of rotatable bonds is 5. The van der Waals surface area contributed by atoms with E-state index < -0.39 is 17.5 Å². The highest BCUT2D eigenvalue weighted by Gasteiger charge is 2.14. The lowest BCUT2D eigenvalue weighted by Crippen LogP contribution is -2.35. The SMILES string of the molecule is Cc1nc(C)c(C(=O)NCCNC(=O)c2ccc(F)cc2F)s1. The lowest BCUT2D eigenvalue weighted by atomic mass is 10.2. The molecule has 0 spiro atoms. The first-order chi connectivity index (χ1) is 10.9. The van der Waals surface area contributed by atoms with Crippen LogP contribution in [0.25, 0.3) is 0 Å². The van der Waals surface area contributed by atoms with Gasteiger partial charge in [-0.25, -0.2) is 13.8 Å². The van der Waals surface area contributed by atoms with Crippen LogP contribution in [0.3, 0.4) is 0 Å². The largest absolute Gasteiger partial charge is 0.350 e. The maximum absolute atomic E-state index is 13.4. The van der Waals surface area contributed by atoms with Crippen molar-refractivity contribution < 1.29 is 18.4 Å². The van der Waals surface area contributed by atoms with E-state index in [2.05, 4.69) is 15.6 Å². The second kappa shape index (κ2) is 7.28. The van der Waals surface area contributed by atoms with Crippen molar-refractivity contribution in [3.05, 3.63) is 51.0 Å². The molecule has 2 amide bonds. The first-order valence-corrected chi connectivity index (χ1v) is 7.65. The molecule has 0 aliphatic carbocycles. The van der Waals surface area contributed by atoms with E-state index >= 15 is 0 Å². The molecule has 1 aromatic heterocycles.